The molecule has 1 fully saturated rings. The summed E-state index contributed by atoms with van der Waals surface area (Å²) in [5.74, 6) is 0.243. The van der Waals surface area contributed by atoms with Crippen LogP contribution in [0.25, 0.3) is 0 Å². The largest absolute Gasteiger partial charge is 0.352 e. The van der Waals surface area contributed by atoms with Crippen molar-refractivity contribution >= 4 is 18.3 Å². The van der Waals surface area contributed by atoms with Crippen LogP contribution in [0.4, 0.5) is 0 Å². The van der Waals surface area contributed by atoms with Gasteiger partial charge in [0.2, 0.25) is 5.91 Å². The molecule has 24 heavy (non-hydrogen) atoms. The fourth-order valence-electron chi connectivity index (χ4n) is 3.07. The first-order valence-electron chi connectivity index (χ1n) is 8.84. The molecule has 1 aromatic carbocycles. The first-order chi connectivity index (χ1) is 11.0. The summed E-state index contributed by atoms with van der Waals surface area (Å²) in [5.41, 5.74) is 8.76. The number of halogens is 1. The second-order valence-corrected chi connectivity index (χ2v) is 6.90. The van der Waals surface area contributed by atoms with Crippen LogP contribution < -0.4 is 11.1 Å². The number of hydrogen-bond acceptors (Lipinski definition) is 3. The van der Waals surface area contributed by atoms with Crippen molar-refractivity contribution in [2.75, 3.05) is 13.1 Å². The molecule has 1 amide bonds. The highest BCUT2D eigenvalue weighted by atomic mass is 35.5. The summed E-state index contributed by atoms with van der Waals surface area (Å²) in [7, 11) is 0. The second-order valence-electron chi connectivity index (χ2n) is 6.90. The molecule has 1 aliphatic rings. The van der Waals surface area contributed by atoms with Gasteiger partial charge in [0.25, 0.3) is 0 Å². The third-order valence-electron chi connectivity index (χ3n) is 5.15. The first kappa shape index (κ1) is 20.9. The summed E-state index contributed by atoms with van der Waals surface area (Å²) in [6, 6.07) is 8.44. The maximum atomic E-state index is 12.2. The lowest BCUT2D eigenvalue weighted by Gasteiger charge is -2.33. The zero-order valence-electron chi connectivity index (χ0n) is 15.1. The van der Waals surface area contributed by atoms with Crippen molar-refractivity contribution in [1.29, 1.82) is 0 Å². The average molecular weight is 354 g/mol. The molecule has 0 spiro atoms. The number of nitrogens with two attached hydrogens (primary N) is 1. The topological polar surface area (TPSA) is 58.4 Å². The minimum atomic E-state index is -0.384. The Bertz CT molecular complexity index is 515. The Morgan fingerprint density at radius 2 is 1.96 bits per heavy atom. The number of benzene rings is 1. The summed E-state index contributed by atoms with van der Waals surface area (Å²) >= 11 is 0. The van der Waals surface area contributed by atoms with Crippen LogP contribution in [0.5, 0.6) is 0 Å². The maximum Gasteiger partial charge on any atom is 0.237 e. The van der Waals surface area contributed by atoms with Gasteiger partial charge in [0, 0.05) is 25.7 Å². The van der Waals surface area contributed by atoms with Crippen molar-refractivity contribution in [2.45, 2.75) is 58.7 Å². The van der Waals surface area contributed by atoms with Crippen LogP contribution in [-0.2, 0) is 11.3 Å². The molecule has 0 bridgehead atoms. The van der Waals surface area contributed by atoms with E-state index in [9.17, 15) is 4.79 Å². The number of rotatable bonds is 6. The summed E-state index contributed by atoms with van der Waals surface area (Å²) < 4.78 is 0. The third kappa shape index (κ3) is 5.76. The van der Waals surface area contributed by atoms with Crippen LogP contribution in [0, 0.1) is 12.8 Å². The highest BCUT2D eigenvalue weighted by molar-refractivity contribution is 5.85. The normalized spacial score (nSPS) is 18.5. The van der Waals surface area contributed by atoms with E-state index in [1.165, 1.54) is 11.1 Å². The van der Waals surface area contributed by atoms with Crippen LogP contribution in [0.2, 0.25) is 0 Å². The Labute approximate surface area is 152 Å². The van der Waals surface area contributed by atoms with Crippen LogP contribution in [0.3, 0.4) is 0 Å². The first-order valence-corrected chi connectivity index (χ1v) is 8.84. The monoisotopic (exact) mass is 353 g/mol. The highest BCUT2D eigenvalue weighted by Gasteiger charge is 2.25. The minimum absolute atomic E-state index is 0. The van der Waals surface area contributed by atoms with Crippen molar-refractivity contribution in [3.8, 4) is 0 Å². The molecule has 5 heteroatoms. The van der Waals surface area contributed by atoms with Gasteiger partial charge in [-0.05, 0) is 36.8 Å². The van der Waals surface area contributed by atoms with Gasteiger partial charge in [-0.15, -0.1) is 12.4 Å². The molecule has 4 nitrogen and oxygen atoms in total. The molecule has 3 N–H and O–H groups in total. The maximum absolute atomic E-state index is 12.2. The van der Waals surface area contributed by atoms with E-state index in [2.05, 4.69) is 48.3 Å². The lowest BCUT2D eigenvalue weighted by atomic mass is 9.97. The van der Waals surface area contributed by atoms with Crippen molar-refractivity contribution in [2.24, 2.45) is 11.7 Å². The summed E-state index contributed by atoms with van der Waals surface area (Å²) in [6.07, 6.45) is 2.94. The lowest BCUT2D eigenvalue weighted by Crippen LogP contribution is -2.51. The van der Waals surface area contributed by atoms with E-state index in [-0.39, 0.29) is 36.3 Å². The molecule has 2 rings (SSSR count). The van der Waals surface area contributed by atoms with E-state index in [1.807, 2.05) is 6.92 Å². The lowest BCUT2D eigenvalue weighted by molar-refractivity contribution is -0.124. The molecule has 0 aromatic heterocycles. The van der Waals surface area contributed by atoms with Crippen LogP contribution in [-0.4, -0.2) is 36.0 Å². The van der Waals surface area contributed by atoms with Gasteiger partial charge in [0.15, 0.2) is 0 Å². The average Bonchev–Trinajstić information content (AvgIpc) is 2.57. The number of piperidine rings is 1. The number of hydrogen-bond donors (Lipinski definition) is 2. The molecule has 136 valence electrons. The highest BCUT2D eigenvalue weighted by Crippen LogP contribution is 2.16. The van der Waals surface area contributed by atoms with Crippen molar-refractivity contribution in [1.82, 2.24) is 10.2 Å². The minimum Gasteiger partial charge on any atom is -0.352 e. The van der Waals surface area contributed by atoms with E-state index in [4.69, 9.17) is 5.73 Å². The Kier molecular flexibility index (Phi) is 8.74. The summed E-state index contributed by atoms with van der Waals surface area (Å²) in [6.45, 7) is 9.32. The third-order valence-corrected chi connectivity index (χ3v) is 5.15. The fourth-order valence-corrected chi connectivity index (χ4v) is 3.07. The van der Waals surface area contributed by atoms with Gasteiger partial charge in [-0.25, -0.2) is 0 Å². The number of carbonyl (C=O) groups excluding carboxylic acids is 1. The van der Waals surface area contributed by atoms with Gasteiger partial charge in [-0.1, -0.05) is 44.5 Å². The van der Waals surface area contributed by atoms with E-state index in [1.54, 1.807) is 0 Å². The van der Waals surface area contributed by atoms with Crippen LogP contribution in [0.15, 0.2) is 24.3 Å². The smallest absolute Gasteiger partial charge is 0.237 e. The fraction of sp³-hybridized carbons (Fsp3) is 0.632. The van der Waals surface area contributed by atoms with Crippen molar-refractivity contribution in [3.05, 3.63) is 35.4 Å². The summed E-state index contributed by atoms with van der Waals surface area (Å²) in [5, 5.41) is 3.14. The predicted octanol–water partition coefficient (Wildman–Crippen LogP) is 2.87. The Morgan fingerprint density at radius 3 is 2.54 bits per heavy atom. The molecule has 0 radical (unpaired) electrons. The Morgan fingerprint density at radius 1 is 1.33 bits per heavy atom. The number of carbonyl (C=O) groups is 1. The van der Waals surface area contributed by atoms with Crippen LogP contribution in [0.1, 0.15) is 44.2 Å². The number of aryl methyl sites for hydroxylation is 1. The molecule has 0 aliphatic carbocycles. The molecule has 1 aromatic rings. The van der Waals surface area contributed by atoms with E-state index < -0.39 is 0 Å². The van der Waals surface area contributed by atoms with E-state index >= 15 is 0 Å². The zero-order chi connectivity index (χ0) is 16.8. The number of amides is 1. The predicted molar refractivity (Wildman–Crippen MR) is 102 cm³/mol. The van der Waals surface area contributed by atoms with Crippen molar-refractivity contribution in [3.63, 3.8) is 0 Å². The molecule has 2 unspecified atom stereocenters. The summed E-state index contributed by atoms with van der Waals surface area (Å²) in [4.78, 5) is 14.7. The quantitative estimate of drug-likeness (QED) is 0.826. The Hall–Kier alpha value is -1.10. The van der Waals surface area contributed by atoms with Gasteiger partial charge in [-0.2, -0.15) is 0 Å². The SMILES string of the molecule is CCC(C)C(N)C(=O)NC1CCN(Cc2ccccc2C)CC1.Cl. The zero-order valence-corrected chi connectivity index (χ0v) is 15.9. The molecule has 1 heterocycles. The van der Waals surface area contributed by atoms with Gasteiger partial charge < -0.3 is 11.1 Å². The molecule has 2 atom stereocenters. The van der Waals surface area contributed by atoms with Gasteiger partial charge in [0.05, 0.1) is 6.04 Å². The standard InChI is InChI=1S/C19H31N3O.ClH/c1-4-14(2)18(20)19(23)21-17-9-11-22(12-10-17)13-16-8-6-5-7-15(16)3;/h5-8,14,17-18H,4,9-13,20H2,1-3H3,(H,21,23);1H. The van der Waals surface area contributed by atoms with E-state index in [0.717, 1.165) is 38.9 Å². The number of nitrogens with one attached hydrogen (secondary N) is 1. The van der Waals surface area contributed by atoms with Gasteiger partial charge in [-0.3, -0.25) is 9.69 Å². The Balaban J connectivity index is 0.00000288. The number of nitrogens with zero attached hydrogens (tertiary/aromatic N) is 1. The van der Waals surface area contributed by atoms with E-state index in [0.29, 0.717) is 0 Å². The molecular formula is C19H32ClN3O. The van der Waals surface area contributed by atoms with Crippen LogP contribution >= 0.6 is 12.4 Å². The van der Waals surface area contributed by atoms with Crippen molar-refractivity contribution < 1.29 is 4.79 Å². The molecule has 0 saturated carbocycles. The molecule has 1 aliphatic heterocycles. The van der Waals surface area contributed by atoms with Gasteiger partial charge in [0.1, 0.15) is 0 Å². The number of likely N-dealkylation sites (tertiary alicyclic amines) is 1. The second kappa shape index (κ2) is 10.0. The molecule has 1 saturated heterocycles. The molecular weight excluding hydrogens is 322 g/mol. The van der Waals surface area contributed by atoms with Gasteiger partial charge >= 0.3 is 0 Å².